The van der Waals surface area contributed by atoms with Crippen LogP contribution in [0.1, 0.15) is 0 Å². The average molecular weight is 612 g/mol. The van der Waals surface area contributed by atoms with E-state index in [1.165, 1.54) is 0 Å². The Labute approximate surface area is 248 Å². The van der Waals surface area contributed by atoms with Crippen LogP contribution in [0.2, 0.25) is 0 Å². The molecule has 0 radical (unpaired) electrons. The highest BCUT2D eigenvalue weighted by Crippen LogP contribution is 2.29. The van der Waals surface area contributed by atoms with E-state index in [0.717, 1.165) is 54.8 Å². The van der Waals surface area contributed by atoms with Gasteiger partial charge >= 0.3 is 0 Å². The zero-order valence-electron chi connectivity index (χ0n) is 23.3. The van der Waals surface area contributed by atoms with Gasteiger partial charge in [-0.1, -0.05) is 0 Å². The fourth-order valence-electron chi connectivity index (χ4n) is 3.90. The Hall–Kier alpha value is -4.76. The molecule has 0 amide bonds. The maximum atomic E-state index is 5.18. The lowest BCUT2D eigenvalue weighted by atomic mass is 10.2. The number of ether oxygens (including phenoxy) is 2. The molecule has 0 bridgehead atoms. The summed E-state index contributed by atoms with van der Waals surface area (Å²) < 4.78 is 11.1. The fraction of sp³-hybridized carbons (Fsp3) is 0.125. The molecule has 0 aliphatic carbocycles. The van der Waals surface area contributed by atoms with Gasteiger partial charge < -0.3 is 19.7 Å². The summed E-state index contributed by atoms with van der Waals surface area (Å²) in [4.78, 5) is 19.0. The van der Waals surface area contributed by atoms with Crippen LogP contribution in [-0.4, -0.2) is 48.3 Å². The molecule has 0 saturated heterocycles. The molecule has 41 heavy (non-hydrogen) atoms. The molecule has 0 spiro atoms. The van der Waals surface area contributed by atoms with Gasteiger partial charge in [-0.15, -0.1) is 0 Å². The second kappa shape index (κ2) is 14.6. The van der Waals surface area contributed by atoms with E-state index >= 15 is 0 Å². The first-order valence-corrected chi connectivity index (χ1v) is 13.6. The Balaban J connectivity index is 0.000000156. The van der Waals surface area contributed by atoms with E-state index in [1.807, 2.05) is 99.3 Å². The summed E-state index contributed by atoms with van der Waals surface area (Å²) in [7, 11) is 7.22. The molecule has 8 nitrogen and oxygen atoms in total. The second-order valence-corrected chi connectivity index (χ2v) is 9.52. The van der Waals surface area contributed by atoms with Crippen LogP contribution in [0, 0.1) is 0 Å². The molecule has 4 aromatic heterocycles. The predicted molar refractivity (Wildman–Crippen MR) is 170 cm³/mol. The Bertz CT molecular complexity index is 1650. The van der Waals surface area contributed by atoms with Crippen molar-refractivity contribution in [2.45, 2.75) is 0 Å². The van der Waals surface area contributed by atoms with Gasteiger partial charge in [0.15, 0.2) is 0 Å². The first kappa shape index (κ1) is 29.2. The molecular weight excluding hydrogens is 580 g/mol. The summed E-state index contributed by atoms with van der Waals surface area (Å²) in [6.07, 6.45) is 10.8. The van der Waals surface area contributed by atoms with E-state index < -0.39 is 0 Å². The molecular formula is C32H31BrN6O2. The second-order valence-electron chi connectivity index (χ2n) is 8.67. The molecule has 1 N–H and O–H groups in total. The molecule has 0 unspecified atom stereocenters. The maximum Gasteiger partial charge on any atom is 0.119 e. The minimum absolute atomic E-state index is 0.844. The number of benzene rings is 2. The third kappa shape index (κ3) is 7.67. The zero-order chi connectivity index (χ0) is 29.0. The summed E-state index contributed by atoms with van der Waals surface area (Å²) in [6.45, 7) is 0. The fourth-order valence-corrected chi connectivity index (χ4v) is 4.35. The van der Waals surface area contributed by atoms with E-state index in [-0.39, 0.29) is 0 Å². The summed E-state index contributed by atoms with van der Waals surface area (Å²) >= 11 is 3.37. The number of methoxy groups -OCH3 is 2. The number of nitrogens with one attached hydrogen (secondary N) is 1. The highest BCUT2D eigenvalue weighted by molar-refractivity contribution is 9.10. The van der Waals surface area contributed by atoms with Crippen molar-refractivity contribution in [3.63, 3.8) is 0 Å². The Morgan fingerprint density at radius 2 is 1.22 bits per heavy atom. The first-order valence-electron chi connectivity index (χ1n) is 12.8. The van der Waals surface area contributed by atoms with Gasteiger partial charge in [-0.25, -0.2) is 0 Å². The quantitative estimate of drug-likeness (QED) is 0.214. The minimum Gasteiger partial charge on any atom is -0.497 e. The number of hydrogen-bond donors (Lipinski definition) is 1. The van der Waals surface area contributed by atoms with E-state index in [0.29, 0.717) is 0 Å². The van der Waals surface area contributed by atoms with Crippen LogP contribution in [0.3, 0.4) is 0 Å². The van der Waals surface area contributed by atoms with Gasteiger partial charge in [0, 0.05) is 67.2 Å². The van der Waals surface area contributed by atoms with Crippen LogP contribution >= 0.6 is 15.9 Å². The lowest BCUT2D eigenvalue weighted by Gasteiger charge is -2.20. The van der Waals surface area contributed by atoms with Gasteiger partial charge in [0.25, 0.3) is 0 Å². The van der Waals surface area contributed by atoms with Gasteiger partial charge in [-0.3, -0.25) is 19.9 Å². The molecule has 4 heterocycles. The Morgan fingerprint density at radius 3 is 1.78 bits per heavy atom. The molecule has 0 aliphatic heterocycles. The Morgan fingerprint density at radius 1 is 0.683 bits per heavy atom. The van der Waals surface area contributed by atoms with Crippen molar-refractivity contribution < 1.29 is 9.47 Å². The van der Waals surface area contributed by atoms with Crippen molar-refractivity contribution in [1.29, 1.82) is 0 Å². The number of aromatic nitrogens is 4. The summed E-state index contributed by atoms with van der Waals surface area (Å²) in [5.74, 6) is 1.73. The minimum atomic E-state index is 0.844. The number of anilines is 3. The molecule has 2 aromatic carbocycles. The van der Waals surface area contributed by atoms with Crippen molar-refractivity contribution in [2.75, 3.05) is 38.5 Å². The maximum absolute atomic E-state index is 5.18. The van der Waals surface area contributed by atoms with E-state index in [4.69, 9.17) is 9.47 Å². The molecule has 6 aromatic rings. The van der Waals surface area contributed by atoms with Crippen molar-refractivity contribution in [2.24, 2.45) is 0 Å². The van der Waals surface area contributed by atoms with E-state index in [1.54, 1.807) is 39.0 Å². The van der Waals surface area contributed by atoms with E-state index in [2.05, 4.69) is 46.1 Å². The van der Waals surface area contributed by atoms with Gasteiger partial charge in [0.05, 0.1) is 41.6 Å². The number of nitrogens with zero attached hydrogens (tertiary/aromatic N) is 5. The van der Waals surface area contributed by atoms with Crippen LogP contribution in [0.4, 0.5) is 17.1 Å². The number of halogens is 1. The number of fused-ring (bicyclic) bond motifs is 2. The standard InChI is InChI=1S/C16H15N3O.C8H5BrN2.C8H11NO/c1-19(13-5-7-14(20-2)8-6-13)15-11-17-10-12-4-3-9-18-16(12)15;9-7-5-10-4-6-2-1-3-11-8(6)7;1-9-7-3-5-8(10-2)6-4-7/h3-11H,1-2H3;1-5H;3-6,9H,1-2H3. The Kier molecular flexibility index (Phi) is 10.4. The molecule has 0 aliphatic rings. The summed E-state index contributed by atoms with van der Waals surface area (Å²) in [6, 6.07) is 23.5. The number of rotatable bonds is 5. The number of hydrogen-bond acceptors (Lipinski definition) is 8. The molecule has 0 saturated carbocycles. The highest BCUT2D eigenvalue weighted by Gasteiger charge is 2.09. The van der Waals surface area contributed by atoms with Crippen LogP contribution in [-0.2, 0) is 0 Å². The van der Waals surface area contributed by atoms with Crippen molar-refractivity contribution in [3.8, 4) is 11.5 Å². The molecule has 0 atom stereocenters. The largest absolute Gasteiger partial charge is 0.497 e. The summed E-state index contributed by atoms with van der Waals surface area (Å²) in [5.41, 5.74) is 5.04. The molecule has 9 heteroatoms. The van der Waals surface area contributed by atoms with Crippen molar-refractivity contribution in [3.05, 3.63) is 114 Å². The predicted octanol–water partition coefficient (Wildman–Crippen LogP) is 7.54. The monoisotopic (exact) mass is 610 g/mol. The summed E-state index contributed by atoms with van der Waals surface area (Å²) in [5, 5.41) is 5.11. The lowest BCUT2D eigenvalue weighted by molar-refractivity contribution is 0.415. The van der Waals surface area contributed by atoms with E-state index in [9.17, 15) is 0 Å². The van der Waals surface area contributed by atoms with Crippen molar-refractivity contribution >= 4 is 54.8 Å². The third-order valence-electron chi connectivity index (χ3n) is 6.16. The first-order chi connectivity index (χ1) is 20.0. The van der Waals surface area contributed by atoms with Crippen LogP contribution in [0.15, 0.2) is 114 Å². The SMILES string of the molecule is Brc1cncc2cccnc12.CNc1ccc(OC)cc1.COc1ccc(N(C)c2cncc3cccnc23)cc1. The topological polar surface area (TPSA) is 85.3 Å². The smallest absolute Gasteiger partial charge is 0.119 e. The zero-order valence-corrected chi connectivity index (χ0v) is 24.9. The van der Waals surface area contributed by atoms with Crippen LogP contribution in [0.5, 0.6) is 11.5 Å². The van der Waals surface area contributed by atoms with Crippen molar-refractivity contribution in [1.82, 2.24) is 19.9 Å². The van der Waals surface area contributed by atoms with Gasteiger partial charge in [-0.2, -0.15) is 0 Å². The molecule has 0 fully saturated rings. The normalized spacial score (nSPS) is 10.1. The van der Waals surface area contributed by atoms with Gasteiger partial charge in [-0.05, 0) is 88.7 Å². The van der Waals surface area contributed by atoms with Crippen LogP contribution in [0.25, 0.3) is 21.8 Å². The van der Waals surface area contributed by atoms with Gasteiger partial charge in [0.1, 0.15) is 11.5 Å². The van der Waals surface area contributed by atoms with Gasteiger partial charge in [0.2, 0.25) is 0 Å². The molecule has 208 valence electrons. The van der Waals surface area contributed by atoms with Crippen LogP contribution < -0.4 is 19.7 Å². The molecule has 6 rings (SSSR count). The average Bonchev–Trinajstić information content (AvgIpc) is 3.05. The lowest BCUT2D eigenvalue weighted by Crippen LogP contribution is -2.10. The highest BCUT2D eigenvalue weighted by atomic mass is 79.9. The number of pyridine rings is 4. The third-order valence-corrected chi connectivity index (χ3v) is 6.74.